The van der Waals surface area contributed by atoms with E-state index in [2.05, 4.69) is 27.0 Å². The van der Waals surface area contributed by atoms with Crippen molar-refractivity contribution in [3.05, 3.63) is 98.8 Å². The summed E-state index contributed by atoms with van der Waals surface area (Å²) in [6, 6.07) is 25.8. The maximum Gasteiger partial charge on any atom is 0.161 e. The Morgan fingerprint density at radius 2 is 1.91 bits per heavy atom. The minimum absolute atomic E-state index is 0.452. The van der Waals surface area contributed by atoms with Crippen LogP contribution >= 0.6 is 27.3 Å². The molecule has 4 nitrogen and oxygen atoms in total. The minimum Gasteiger partial charge on any atom is -0.493 e. The van der Waals surface area contributed by atoms with Gasteiger partial charge in [0.25, 0.3) is 0 Å². The van der Waals surface area contributed by atoms with Crippen molar-refractivity contribution in [2.45, 2.75) is 6.61 Å². The normalized spacial score (nSPS) is 11.1. The number of allylic oxidation sites excluding steroid dienone is 1. The molecule has 0 saturated heterocycles. The number of halogens is 1. The van der Waals surface area contributed by atoms with Gasteiger partial charge < -0.3 is 9.47 Å². The maximum atomic E-state index is 9.74. The molecule has 0 N–H and O–H groups in total. The highest BCUT2D eigenvalue weighted by molar-refractivity contribution is 9.10. The first-order valence-corrected chi connectivity index (χ1v) is 11.5. The summed E-state index contributed by atoms with van der Waals surface area (Å²) in [7, 11) is 1.61. The molecule has 3 aromatic carbocycles. The lowest BCUT2D eigenvalue weighted by Gasteiger charge is -2.11. The number of benzene rings is 3. The molecule has 0 aliphatic carbocycles. The van der Waals surface area contributed by atoms with Gasteiger partial charge in [-0.1, -0.05) is 64.5 Å². The number of hydrogen-bond donors (Lipinski definition) is 0. The second-order valence-corrected chi connectivity index (χ2v) is 8.68. The Morgan fingerprint density at radius 3 is 2.66 bits per heavy atom. The second-order valence-electron chi connectivity index (χ2n) is 6.90. The molecule has 0 atom stereocenters. The van der Waals surface area contributed by atoms with Gasteiger partial charge in [-0.2, -0.15) is 5.26 Å². The lowest BCUT2D eigenvalue weighted by atomic mass is 10.1. The van der Waals surface area contributed by atoms with Crippen molar-refractivity contribution in [2.75, 3.05) is 7.11 Å². The Balaban J connectivity index is 1.56. The summed E-state index contributed by atoms with van der Waals surface area (Å²) in [6.45, 7) is 0.452. The van der Waals surface area contributed by atoms with Gasteiger partial charge in [0.1, 0.15) is 17.7 Å². The lowest BCUT2D eigenvalue weighted by Crippen LogP contribution is -1.97. The summed E-state index contributed by atoms with van der Waals surface area (Å²) < 4.78 is 12.4. The van der Waals surface area contributed by atoms with Crippen LogP contribution in [0.15, 0.2) is 82.6 Å². The van der Waals surface area contributed by atoms with E-state index in [1.54, 1.807) is 7.11 Å². The first-order valence-electron chi connectivity index (χ1n) is 9.84. The summed E-state index contributed by atoms with van der Waals surface area (Å²) in [5.74, 6) is 1.26. The average Bonchev–Trinajstić information content (AvgIpc) is 3.32. The Hall–Kier alpha value is -3.40. The Labute approximate surface area is 199 Å². The summed E-state index contributed by atoms with van der Waals surface area (Å²) in [5, 5.41) is 12.4. The molecule has 0 fully saturated rings. The van der Waals surface area contributed by atoms with Crippen molar-refractivity contribution in [1.82, 2.24) is 4.98 Å². The summed E-state index contributed by atoms with van der Waals surface area (Å²) >= 11 is 4.93. The van der Waals surface area contributed by atoms with E-state index in [1.165, 1.54) is 11.3 Å². The SMILES string of the molecule is COc1cc(C=C(C#N)c2nc(-c3cccc(Br)c3)cs2)ccc1OCc1ccccc1. The summed E-state index contributed by atoms with van der Waals surface area (Å²) in [6.07, 6.45) is 1.81. The van der Waals surface area contributed by atoms with Crippen LogP contribution in [0.1, 0.15) is 16.1 Å². The van der Waals surface area contributed by atoms with Crippen LogP contribution in [0.25, 0.3) is 22.9 Å². The fourth-order valence-electron chi connectivity index (χ4n) is 3.11. The van der Waals surface area contributed by atoms with Gasteiger partial charge >= 0.3 is 0 Å². The van der Waals surface area contributed by atoms with E-state index in [9.17, 15) is 5.26 Å². The van der Waals surface area contributed by atoms with Crippen LogP contribution in [0.3, 0.4) is 0 Å². The summed E-state index contributed by atoms with van der Waals surface area (Å²) in [4.78, 5) is 4.66. The monoisotopic (exact) mass is 502 g/mol. The molecule has 0 bridgehead atoms. The molecule has 0 radical (unpaired) electrons. The van der Waals surface area contributed by atoms with Gasteiger partial charge in [-0.3, -0.25) is 0 Å². The highest BCUT2D eigenvalue weighted by atomic mass is 79.9. The van der Waals surface area contributed by atoms with Crippen molar-refractivity contribution in [3.63, 3.8) is 0 Å². The standard InChI is InChI=1S/C26H19BrN2O2S/c1-30-25-13-19(10-11-24(25)31-16-18-6-3-2-4-7-18)12-21(15-28)26-29-23(17-32-26)20-8-5-9-22(27)14-20/h2-14,17H,16H2,1H3. The highest BCUT2D eigenvalue weighted by Gasteiger charge is 2.11. The number of nitrogens with zero attached hydrogens (tertiary/aromatic N) is 2. The molecular formula is C26H19BrN2O2S. The van der Waals surface area contributed by atoms with Gasteiger partial charge in [0.15, 0.2) is 11.5 Å². The zero-order valence-corrected chi connectivity index (χ0v) is 19.7. The van der Waals surface area contributed by atoms with Crippen LogP contribution < -0.4 is 9.47 Å². The van der Waals surface area contributed by atoms with E-state index >= 15 is 0 Å². The fraction of sp³-hybridized carbons (Fsp3) is 0.0769. The van der Waals surface area contributed by atoms with Crippen LogP contribution in [-0.4, -0.2) is 12.1 Å². The van der Waals surface area contributed by atoms with E-state index in [4.69, 9.17) is 9.47 Å². The van der Waals surface area contributed by atoms with Crippen molar-refractivity contribution >= 4 is 38.9 Å². The predicted octanol–water partition coefficient (Wildman–Crippen LogP) is 7.22. The van der Waals surface area contributed by atoms with Crippen LogP contribution in [0, 0.1) is 11.3 Å². The molecule has 4 aromatic rings. The number of rotatable bonds is 7. The van der Waals surface area contributed by atoms with Crippen molar-refractivity contribution < 1.29 is 9.47 Å². The first kappa shape index (κ1) is 21.8. The molecule has 1 aromatic heterocycles. The molecule has 32 heavy (non-hydrogen) atoms. The topological polar surface area (TPSA) is 55.1 Å². The second kappa shape index (κ2) is 10.3. The number of thiazole rings is 1. The largest absolute Gasteiger partial charge is 0.493 e. The van der Waals surface area contributed by atoms with Gasteiger partial charge in [0, 0.05) is 15.4 Å². The molecule has 0 amide bonds. The third-order valence-electron chi connectivity index (χ3n) is 4.71. The minimum atomic E-state index is 0.452. The van der Waals surface area contributed by atoms with E-state index < -0.39 is 0 Å². The van der Waals surface area contributed by atoms with Crippen LogP contribution in [-0.2, 0) is 6.61 Å². The van der Waals surface area contributed by atoms with Gasteiger partial charge in [-0.05, 0) is 41.5 Å². The third kappa shape index (κ3) is 5.25. The maximum absolute atomic E-state index is 9.74. The van der Waals surface area contributed by atoms with Gasteiger partial charge in [0.2, 0.25) is 0 Å². The predicted molar refractivity (Wildman–Crippen MR) is 133 cm³/mol. The van der Waals surface area contributed by atoms with Crippen molar-refractivity contribution in [3.8, 4) is 28.8 Å². The van der Waals surface area contributed by atoms with Crippen LogP contribution in [0.2, 0.25) is 0 Å². The van der Waals surface area contributed by atoms with Gasteiger partial charge in [-0.25, -0.2) is 4.98 Å². The lowest BCUT2D eigenvalue weighted by molar-refractivity contribution is 0.284. The zero-order chi connectivity index (χ0) is 22.3. The number of ether oxygens (including phenoxy) is 2. The van der Waals surface area contributed by atoms with E-state index in [-0.39, 0.29) is 0 Å². The molecular weight excluding hydrogens is 484 g/mol. The molecule has 4 rings (SSSR count). The van der Waals surface area contributed by atoms with Crippen molar-refractivity contribution in [1.29, 1.82) is 5.26 Å². The Bertz CT molecular complexity index is 1290. The highest BCUT2D eigenvalue weighted by Crippen LogP contribution is 2.32. The molecule has 6 heteroatoms. The molecule has 0 aliphatic heterocycles. The summed E-state index contributed by atoms with van der Waals surface area (Å²) in [5.41, 5.74) is 4.26. The molecule has 0 spiro atoms. The molecule has 1 heterocycles. The third-order valence-corrected chi connectivity index (χ3v) is 6.08. The zero-order valence-electron chi connectivity index (χ0n) is 17.3. The molecule has 0 aliphatic rings. The smallest absolute Gasteiger partial charge is 0.161 e. The Morgan fingerprint density at radius 1 is 1.06 bits per heavy atom. The molecule has 0 unspecified atom stereocenters. The first-order chi connectivity index (χ1) is 15.7. The van der Waals surface area contributed by atoms with E-state index in [1.807, 2.05) is 84.3 Å². The van der Waals surface area contributed by atoms with E-state index in [0.29, 0.717) is 28.7 Å². The van der Waals surface area contributed by atoms with Gasteiger partial charge in [0.05, 0.1) is 18.4 Å². The number of aromatic nitrogens is 1. The van der Waals surface area contributed by atoms with E-state index in [0.717, 1.165) is 26.9 Å². The van der Waals surface area contributed by atoms with Crippen molar-refractivity contribution in [2.24, 2.45) is 0 Å². The van der Waals surface area contributed by atoms with Gasteiger partial charge in [-0.15, -0.1) is 11.3 Å². The average molecular weight is 503 g/mol. The quantitative estimate of drug-likeness (QED) is 0.250. The number of methoxy groups -OCH3 is 1. The van der Waals surface area contributed by atoms with Crippen LogP contribution in [0.4, 0.5) is 0 Å². The Kier molecular flexibility index (Phi) is 7.00. The fourth-order valence-corrected chi connectivity index (χ4v) is 4.31. The molecule has 0 saturated carbocycles. The number of nitriles is 1. The van der Waals surface area contributed by atoms with Crippen LogP contribution in [0.5, 0.6) is 11.5 Å². The molecule has 158 valence electrons. The number of hydrogen-bond acceptors (Lipinski definition) is 5.